The van der Waals surface area contributed by atoms with Crippen molar-refractivity contribution in [2.45, 2.75) is 72.1 Å². The predicted octanol–water partition coefficient (Wildman–Crippen LogP) is 6.32. The molecule has 0 unspecified atom stereocenters. The van der Waals surface area contributed by atoms with Crippen molar-refractivity contribution in [3.63, 3.8) is 0 Å². The standard InChI is InChI=1S/2C5H11.C4H8.2ClH.2Sn/c2*1-5(2,3)4;1-3-4-2;;;;/h2*1H2,2-4H3;1-4H2;2*1H;;/q;;;;;2*+1/p-2. The van der Waals surface area contributed by atoms with Gasteiger partial charge in [-0.25, -0.2) is 0 Å². The van der Waals surface area contributed by atoms with Gasteiger partial charge in [-0.2, -0.15) is 0 Å². The summed E-state index contributed by atoms with van der Waals surface area (Å²) in [5.74, 6) is 0. The Morgan fingerprint density at radius 1 is 0.667 bits per heavy atom. The molecule has 2 radical (unpaired) electrons. The summed E-state index contributed by atoms with van der Waals surface area (Å²) < 4.78 is 5.32. The molecule has 108 valence electrons. The van der Waals surface area contributed by atoms with Crippen molar-refractivity contribution < 1.29 is 0 Å². The molecule has 0 saturated heterocycles. The Morgan fingerprint density at radius 3 is 1.17 bits per heavy atom. The molecule has 0 heterocycles. The normalized spacial score (nSPS) is 13.7. The summed E-state index contributed by atoms with van der Waals surface area (Å²) in [6, 6.07) is 0. The van der Waals surface area contributed by atoms with Gasteiger partial charge in [-0.15, -0.1) is 0 Å². The van der Waals surface area contributed by atoms with Gasteiger partial charge in [0.2, 0.25) is 0 Å². The molecule has 0 nitrogen and oxygen atoms in total. The predicted molar refractivity (Wildman–Crippen MR) is 90.6 cm³/mol. The van der Waals surface area contributed by atoms with E-state index in [1.54, 1.807) is 0 Å². The topological polar surface area (TPSA) is 0 Å². The summed E-state index contributed by atoms with van der Waals surface area (Å²) in [6.07, 6.45) is 2.69. The molecule has 0 saturated carbocycles. The van der Waals surface area contributed by atoms with E-state index in [1.807, 2.05) is 0 Å². The second kappa shape index (κ2) is 9.25. The van der Waals surface area contributed by atoms with Crippen LogP contribution in [-0.4, -0.2) is 37.3 Å². The summed E-state index contributed by atoms with van der Waals surface area (Å²) in [6.45, 7) is 13.9. The molecule has 0 aromatic heterocycles. The summed E-state index contributed by atoms with van der Waals surface area (Å²) >= 11 is -3.06. The van der Waals surface area contributed by atoms with Crippen molar-refractivity contribution in [2.24, 2.45) is 10.8 Å². The first-order valence-electron chi connectivity index (χ1n) is 7.00. The summed E-state index contributed by atoms with van der Waals surface area (Å²) in [4.78, 5) is 0. The van der Waals surface area contributed by atoms with Gasteiger partial charge in [0.25, 0.3) is 0 Å². The van der Waals surface area contributed by atoms with Crippen LogP contribution in [0.25, 0.3) is 0 Å². The van der Waals surface area contributed by atoms with Gasteiger partial charge < -0.3 is 0 Å². The zero-order valence-corrected chi connectivity index (χ0v) is 20.2. The van der Waals surface area contributed by atoms with E-state index in [2.05, 4.69) is 41.5 Å². The maximum atomic E-state index is 6.57. The second-order valence-corrected chi connectivity index (χ2v) is 25.7. The molecule has 0 amide bonds. The van der Waals surface area contributed by atoms with Crippen molar-refractivity contribution in [1.82, 2.24) is 0 Å². The van der Waals surface area contributed by atoms with Crippen LogP contribution < -0.4 is 0 Å². The van der Waals surface area contributed by atoms with Gasteiger partial charge in [0.05, 0.1) is 0 Å². The molecule has 0 aliphatic heterocycles. The van der Waals surface area contributed by atoms with E-state index in [0.717, 1.165) is 0 Å². The number of rotatable bonds is 7. The second-order valence-electron chi connectivity index (χ2n) is 7.72. The van der Waals surface area contributed by atoms with Crippen molar-refractivity contribution >= 4 is 55.1 Å². The minimum absolute atomic E-state index is 0.441. The van der Waals surface area contributed by atoms with E-state index < -0.39 is 37.3 Å². The van der Waals surface area contributed by atoms with Crippen LogP contribution in [0.15, 0.2) is 0 Å². The van der Waals surface area contributed by atoms with E-state index in [0.29, 0.717) is 10.8 Å². The first-order valence-corrected chi connectivity index (χ1v) is 22.3. The molecule has 0 aromatic rings. The number of halogens is 2. The molecule has 0 atom stereocenters. The van der Waals surface area contributed by atoms with Gasteiger partial charge in [-0.05, 0) is 0 Å². The summed E-state index contributed by atoms with van der Waals surface area (Å²) in [7, 11) is 13.1. The molecular formula is C14H30Cl2Sn2. The van der Waals surface area contributed by atoms with Crippen molar-refractivity contribution in [1.29, 1.82) is 0 Å². The fraction of sp³-hybridized carbons (Fsp3) is 1.00. The SMILES string of the molecule is CC(C)(C)[CH2][Sn]([Cl])[CH2]CC[CH2][Sn]([Cl])[CH2]C(C)(C)C. The van der Waals surface area contributed by atoms with E-state index in [9.17, 15) is 0 Å². The van der Waals surface area contributed by atoms with E-state index in [1.165, 1.54) is 30.6 Å². The first kappa shape index (κ1) is 20.2. The zero-order chi connectivity index (χ0) is 14.4. The fourth-order valence-corrected chi connectivity index (χ4v) is 20.3. The molecule has 0 fully saturated rings. The van der Waals surface area contributed by atoms with Gasteiger partial charge in [0, 0.05) is 0 Å². The van der Waals surface area contributed by atoms with Crippen molar-refractivity contribution in [3.05, 3.63) is 0 Å². The van der Waals surface area contributed by atoms with E-state index >= 15 is 0 Å². The molecule has 18 heavy (non-hydrogen) atoms. The van der Waals surface area contributed by atoms with Crippen LogP contribution in [0.1, 0.15) is 54.4 Å². The third-order valence-corrected chi connectivity index (χ3v) is 20.3. The molecule has 0 aromatic carbocycles. The fourth-order valence-electron chi connectivity index (χ4n) is 1.96. The Hall–Kier alpha value is 2.18. The number of hydrogen-bond donors (Lipinski definition) is 0. The Balaban J connectivity index is 3.62. The van der Waals surface area contributed by atoms with E-state index in [-0.39, 0.29) is 0 Å². The van der Waals surface area contributed by atoms with Crippen molar-refractivity contribution in [3.8, 4) is 0 Å². The van der Waals surface area contributed by atoms with Crippen LogP contribution in [0.5, 0.6) is 0 Å². The Kier molecular flexibility index (Phi) is 10.4. The minimum atomic E-state index is -1.53. The van der Waals surface area contributed by atoms with E-state index in [4.69, 9.17) is 17.8 Å². The monoisotopic (exact) mass is 508 g/mol. The van der Waals surface area contributed by atoms with Crippen LogP contribution >= 0.6 is 17.8 Å². The first-order chi connectivity index (χ1) is 7.99. The molecule has 0 aliphatic carbocycles. The van der Waals surface area contributed by atoms with Gasteiger partial charge in [-0.1, -0.05) is 0 Å². The van der Waals surface area contributed by atoms with Crippen LogP contribution in [0.3, 0.4) is 0 Å². The van der Waals surface area contributed by atoms with Crippen LogP contribution in [-0.2, 0) is 0 Å². The maximum absolute atomic E-state index is 6.57. The third kappa shape index (κ3) is 14.6. The Bertz CT molecular complexity index is 195. The van der Waals surface area contributed by atoms with Gasteiger partial charge in [0.1, 0.15) is 0 Å². The molecule has 0 spiro atoms. The Morgan fingerprint density at radius 2 is 0.944 bits per heavy atom. The number of hydrogen-bond acceptors (Lipinski definition) is 0. The molecule has 4 heteroatoms. The third-order valence-electron chi connectivity index (χ3n) is 2.59. The molecule has 0 N–H and O–H groups in total. The number of unbranched alkanes of at least 4 members (excludes halogenated alkanes) is 1. The van der Waals surface area contributed by atoms with Gasteiger partial charge >= 0.3 is 138 Å². The molecule has 0 bridgehead atoms. The zero-order valence-electron chi connectivity index (χ0n) is 13.0. The average Bonchev–Trinajstić information content (AvgIpc) is 2.06. The molecular weight excluding hydrogens is 476 g/mol. The van der Waals surface area contributed by atoms with Crippen LogP contribution in [0, 0.1) is 10.8 Å². The van der Waals surface area contributed by atoms with Crippen LogP contribution in [0.2, 0.25) is 17.7 Å². The Labute approximate surface area is 136 Å². The van der Waals surface area contributed by atoms with Gasteiger partial charge in [0.15, 0.2) is 0 Å². The summed E-state index contributed by atoms with van der Waals surface area (Å²) in [5.41, 5.74) is 0.881. The average molecular weight is 507 g/mol. The quantitative estimate of drug-likeness (QED) is 0.280. The van der Waals surface area contributed by atoms with Crippen LogP contribution in [0.4, 0.5) is 0 Å². The van der Waals surface area contributed by atoms with Crippen molar-refractivity contribution in [2.75, 3.05) is 0 Å². The summed E-state index contributed by atoms with van der Waals surface area (Å²) in [5, 5.41) is 0. The van der Waals surface area contributed by atoms with Gasteiger partial charge in [-0.3, -0.25) is 0 Å². The molecule has 0 aliphatic rings. The molecule has 0 rings (SSSR count).